The lowest BCUT2D eigenvalue weighted by molar-refractivity contribution is 1.49. The standard InChI is InChI=1S/C7H7N3S/c8-7-9-5-3-1-2-4-6(5)10-11-7/h1-4,10H,(H2,8,9). The van der Waals surface area contributed by atoms with Crippen LogP contribution < -0.4 is 10.5 Å². The van der Waals surface area contributed by atoms with Crippen LogP contribution in [0, 0.1) is 0 Å². The third-order valence-electron chi connectivity index (χ3n) is 1.40. The Hall–Kier alpha value is -1.16. The van der Waals surface area contributed by atoms with Gasteiger partial charge in [-0.25, -0.2) is 4.99 Å². The number of benzene rings is 1. The number of amidine groups is 1. The van der Waals surface area contributed by atoms with Crippen molar-refractivity contribution in [3.63, 3.8) is 0 Å². The number of fused-ring (bicyclic) bond motifs is 1. The highest BCUT2D eigenvalue weighted by molar-refractivity contribution is 8.15. The maximum absolute atomic E-state index is 5.50. The molecule has 0 aliphatic carbocycles. The van der Waals surface area contributed by atoms with Crippen LogP contribution in [-0.2, 0) is 0 Å². The van der Waals surface area contributed by atoms with Crippen molar-refractivity contribution in [1.29, 1.82) is 0 Å². The number of aliphatic imine (C=N–C) groups is 1. The summed E-state index contributed by atoms with van der Waals surface area (Å²) in [4.78, 5) is 4.14. The van der Waals surface area contributed by atoms with Crippen LogP contribution in [0.3, 0.4) is 0 Å². The van der Waals surface area contributed by atoms with Crippen molar-refractivity contribution >= 4 is 28.5 Å². The minimum absolute atomic E-state index is 0.559. The maximum atomic E-state index is 5.50. The van der Waals surface area contributed by atoms with E-state index in [4.69, 9.17) is 5.73 Å². The van der Waals surface area contributed by atoms with Crippen LogP contribution in [0.15, 0.2) is 29.3 Å². The number of anilines is 1. The highest BCUT2D eigenvalue weighted by Crippen LogP contribution is 2.30. The quantitative estimate of drug-likeness (QED) is 0.575. The minimum Gasteiger partial charge on any atom is -0.377 e. The summed E-state index contributed by atoms with van der Waals surface area (Å²) in [5.74, 6) is 0. The molecular formula is C7H7N3S. The van der Waals surface area contributed by atoms with E-state index in [1.54, 1.807) is 0 Å². The monoisotopic (exact) mass is 165 g/mol. The topological polar surface area (TPSA) is 50.4 Å². The van der Waals surface area contributed by atoms with Gasteiger partial charge in [0.05, 0.1) is 11.4 Å². The van der Waals surface area contributed by atoms with Crippen molar-refractivity contribution in [2.75, 3.05) is 4.72 Å². The van der Waals surface area contributed by atoms with Gasteiger partial charge in [-0.3, -0.25) is 0 Å². The summed E-state index contributed by atoms with van der Waals surface area (Å²) < 4.78 is 3.07. The molecule has 0 spiro atoms. The summed E-state index contributed by atoms with van der Waals surface area (Å²) in [6.07, 6.45) is 0. The SMILES string of the molecule is NC1=Nc2ccccc2NS1. The lowest BCUT2D eigenvalue weighted by Crippen LogP contribution is -2.11. The van der Waals surface area contributed by atoms with Gasteiger partial charge in [0.15, 0.2) is 5.17 Å². The van der Waals surface area contributed by atoms with Crippen molar-refractivity contribution < 1.29 is 0 Å². The fourth-order valence-corrected chi connectivity index (χ4v) is 1.44. The molecule has 1 aromatic rings. The van der Waals surface area contributed by atoms with E-state index < -0.39 is 0 Å². The molecule has 1 aliphatic heterocycles. The zero-order valence-electron chi connectivity index (χ0n) is 5.74. The van der Waals surface area contributed by atoms with Crippen molar-refractivity contribution in [3.05, 3.63) is 24.3 Å². The molecule has 3 nitrogen and oxygen atoms in total. The van der Waals surface area contributed by atoms with Gasteiger partial charge in [-0.15, -0.1) is 0 Å². The molecule has 0 fully saturated rings. The highest BCUT2D eigenvalue weighted by atomic mass is 32.2. The van der Waals surface area contributed by atoms with Crippen LogP contribution in [0.2, 0.25) is 0 Å². The van der Waals surface area contributed by atoms with Crippen LogP contribution in [0.4, 0.5) is 11.4 Å². The molecule has 56 valence electrons. The van der Waals surface area contributed by atoms with E-state index in [1.807, 2.05) is 24.3 Å². The first-order valence-corrected chi connectivity index (χ1v) is 4.04. The molecule has 1 heterocycles. The Morgan fingerprint density at radius 3 is 3.09 bits per heavy atom. The molecule has 1 aromatic carbocycles. The minimum atomic E-state index is 0.559. The number of hydrogen-bond acceptors (Lipinski definition) is 4. The normalized spacial score (nSPS) is 14.7. The molecule has 0 amide bonds. The molecule has 0 saturated carbocycles. The summed E-state index contributed by atoms with van der Waals surface area (Å²) in [7, 11) is 0. The Labute approximate surface area is 68.8 Å². The van der Waals surface area contributed by atoms with Crippen molar-refractivity contribution in [3.8, 4) is 0 Å². The molecule has 0 unspecified atom stereocenters. The average molecular weight is 165 g/mol. The zero-order chi connectivity index (χ0) is 7.68. The molecule has 4 heteroatoms. The van der Waals surface area contributed by atoms with Gasteiger partial charge in [0.2, 0.25) is 0 Å². The first-order chi connectivity index (χ1) is 5.36. The molecule has 3 N–H and O–H groups in total. The van der Waals surface area contributed by atoms with E-state index in [1.165, 1.54) is 11.9 Å². The lowest BCUT2D eigenvalue weighted by atomic mass is 10.3. The predicted octanol–water partition coefficient (Wildman–Crippen LogP) is 1.71. The van der Waals surface area contributed by atoms with E-state index >= 15 is 0 Å². The van der Waals surface area contributed by atoms with Crippen LogP contribution in [0.5, 0.6) is 0 Å². The van der Waals surface area contributed by atoms with Crippen molar-refractivity contribution in [1.82, 2.24) is 0 Å². The number of nitrogens with zero attached hydrogens (tertiary/aromatic N) is 1. The maximum Gasteiger partial charge on any atom is 0.180 e. The predicted molar refractivity (Wildman–Crippen MR) is 48.9 cm³/mol. The summed E-state index contributed by atoms with van der Waals surface area (Å²) in [6, 6.07) is 7.80. The Bertz CT molecular complexity index is 308. The summed E-state index contributed by atoms with van der Waals surface area (Å²) >= 11 is 1.34. The number of nitrogens with two attached hydrogens (primary N) is 1. The van der Waals surface area contributed by atoms with Crippen LogP contribution in [0.1, 0.15) is 0 Å². The van der Waals surface area contributed by atoms with Gasteiger partial charge < -0.3 is 10.5 Å². The Kier molecular flexibility index (Phi) is 1.47. The Morgan fingerprint density at radius 1 is 1.36 bits per heavy atom. The fourth-order valence-electron chi connectivity index (χ4n) is 0.906. The van der Waals surface area contributed by atoms with E-state index in [-0.39, 0.29) is 0 Å². The molecule has 11 heavy (non-hydrogen) atoms. The zero-order valence-corrected chi connectivity index (χ0v) is 6.56. The second-order valence-electron chi connectivity index (χ2n) is 2.17. The molecule has 0 aromatic heterocycles. The molecule has 0 radical (unpaired) electrons. The van der Waals surface area contributed by atoms with Crippen LogP contribution in [-0.4, -0.2) is 5.17 Å². The fraction of sp³-hybridized carbons (Fsp3) is 0. The summed E-state index contributed by atoms with van der Waals surface area (Å²) in [6.45, 7) is 0. The van der Waals surface area contributed by atoms with E-state index in [9.17, 15) is 0 Å². The van der Waals surface area contributed by atoms with Gasteiger partial charge in [-0.2, -0.15) is 0 Å². The van der Waals surface area contributed by atoms with E-state index in [2.05, 4.69) is 9.71 Å². The second-order valence-corrected chi connectivity index (χ2v) is 3.00. The molecule has 2 rings (SSSR count). The second kappa shape index (κ2) is 2.47. The van der Waals surface area contributed by atoms with Gasteiger partial charge in [-0.05, 0) is 12.1 Å². The van der Waals surface area contributed by atoms with E-state index in [0.717, 1.165) is 11.4 Å². The smallest absolute Gasteiger partial charge is 0.180 e. The molecular weight excluding hydrogens is 158 g/mol. The van der Waals surface area contributed by atoms with Crippen LogP contribution >= 0.6 is 11.9 Å². The number of nitrogens with one attached hydrogen (secondary N) is 1. The van der Waals surface area contributed by atoms with Crippen molar-refractivity contribution in [2.24, 2.45) is 10.7 Å². The molecule has 0 saturated heterocycles. The lowest BCUT2D eigenvalue weighted by Gasteiger charge is -2.12. The first kappa shape index (κ1) is 6.54. The Morgan fingerprint density at radius 2 is 2.18 bits per heavy atom. The Balaban J connectivity index is 2.51. The third-order valence-corrected chi connectivity index (χ3v) is 2.02. The van der Waals surface area contributed by atoms with Gasteiger partial charge in [-0.1, -0.05) is 12.1 Å². The van der Waals surface area contributed by atoms with Crippen LogP contribution in [0.25, 0.3) is 0 Å². The number of hydrogen-bond donors (Lipinski definition) is 2. The number of para-hydroxylation sites is 2. The number of rotatable bonds is 0. The van der Waals surface area contributed by atoms with Gasteiger partial charge in [0, 0.05) is 11.9 Å². The first-order valence-electron chi connectivity index (χ1n) is 3.22. The van der Waals surface area contributed by atoms with Gasteiger partial charge >= 0.3 is 0 Å². The molecule has 0 atom stereocenters. The van der Waals surface area contributed by atoms with E-state index in [0.29, 0.717) is 5.17 Å². The van der Waals surface area contributed by atoms with Gasteiger partial charge in [0.25, 0.3) is 0 Å². The highest BCUT2D eigenvalue weighted by Gasteiger charge is 2.07. The average Bonchev–Trinajstić information content (AvgIpc) is 2.04. The molecule has 1 aliphatic rings. The molecule has 0 bridgehead atoms. The van der Waals surface area contributed by atoms with Crippen molar-refractivity contribution in [2.45, 2.75) is 0 Å². The summed E-state index contributed by atoms with van der Waals surface area (Å²) in [5, 5.41) is 0.559. The largest absolute Gasteiger partial charge is 0.377 e. The summed E-state index contributed by atoms with van der Waals surface area (Å²) in [5.41, 5.74) is 7.43. The van der Waals surface area contributed by atoms with Gasteiger partial charge in [0.1, 0.15) is 0 Å². The third kappa shape index (κ3) is 1.17.